The molecule has 0 aromatic heterocycles. The van der Waals surface area contributed by atoms with Crippen LogP contribution in [-0.2, 0) is 20.1 Å². The van der Waals surface area contributed by atoms with Gasteiger partial charge in [-0.1, -0.05) is 0 Å². The van der Waals surface area contributed by atoms with Crippen molar-refractivity contribution in [2.45, 2.75) is 65.5 Å². The van der Waals surface area contributed by atoms with Crippen molar-refractivity contribution in [2.75, 3.05) is 0 Å². The Hall–Kier alpha value is -1.97. The molecule has 0 N–H and O–H groups in total. The Kier molecular flexibility index (Phi) is 9.50. The fourth-order valence-corrected chi connectivity index (χ4v) is 48.9. The van der Waals surface area contributed by atoms with E-state index in [-0.39, 0.29) is 62.7 Å². The van der Waals surface area contributed by atoms with Gasteiger partial charge in [0.2, 0.25) is 0 Å². The third-order valence-electron chi connectivity index (χ3n) is 16.3. The number of rotatable bonds is 4. The van der Waals surface area contributed by atoms with E-state index >= 15 is 0 Å². The smallest absolute Gasteiger partial charge is 1.00 e. The van der Waals surface area contributed by atoms with Crippen molar-refractivity contribution in [1.82, 2.24) is 0 Å². The van der Waals surface area contributed by atoms with Crippen LogP contribution in [0.15, 0.2) is 155 Å². The number of benzene rings is 2. The van der Waals surface area contributed by atoms with E-state index in [1.807, 2.05) is 3.33 Å². The zero-order valence-corrected chi connectivity index (χ0v) is 37.1. The molecule has 0 saturated heterocycles. The van der Waals surface area contributed by atoms with Crippen LogP contribution in [0.5, 0.6) is 0 Å². The maximum atomic E-state index is 2.84. The predicted molar refractivity (Wildman–Crippen MR) is 203 cm³/mol. The standard InChI is InChI=1S/C29H37.C12H10Si.C5H5.2ClH.Hf/c1-21-14-13-15-22-20-27(6)25(4)18-10-9-16-23(25,2)24(3)17-11-12-19-26(24,5)29(27,8)28(21,22)7;1-3-7-11(8-4-1)13-12-9-5-2-6-10-12;1-2-4-5-3-1;;;/h9-20,22H,1-8H3;1-10H;1-3H,4H2;2*1H;/q;;;;;+2/p-2. The third-order valence-corrected chi connectivity index (χ3v) is 45.3. The molecule has 6 aliphatic rings. The number of halogens is 2. The van der Waals surface area contributed by atoms with E-state index in [2.05, 4.69) is 201 Å². The maximum absolute atomic E-state index is 2.97. The van der Waals surface area contributed by atoms with Crippen LogP contribution < -0.4 is 35.2 Å². The minimum Gasteiger partial charge on any atom is -1.00 e. The topological polar surface area (TPSA) is 0 Å². The number of hydrogen-bond acceptors (Lipinski definition) is 0. The zero-order chi connectivity index (χ0) is 33.8. The van der Waals surface area contributed by atoms with Gasteiger partial charge in [-0.25, -0.2) is 0 Å². The molecular formula is C46H52Cl2HfSi. The van der Waals surface area contributed by atoms with Gasteiger partial charge in [-0.05, 0) is 0 Å². The number of allylic oxidation sites excluding steroid dienone is 16. The second-order valence-electron chi connectivity index (χ2n) is 16.9. The molecule has 0 aliphatic heterocycles. The van der Waals surface area contributed by atoms with E-state index in [1.165, 1.54) is 0 Å². The summed E-state index contributed by atoms with van der Waals surface area (Å²) in [5.74, 6) is 0.479. The fraction of sp³-hybridized carbons (Fsp3) is 0.391. The van der Waals surface area contributed by atoms with E-state index in [0.29, 0.717) is 9.59 Å². The summed E-state index contributed by atoms with van der Waals surface area (Å²) in [6, 6.07) is 23.7. The summed E-state index contributed by atoms with van der Waals surface area (Å²) >= 11 is -2.97. The van der Waals surface area contributed by atoms with Gasteiger partial charge in [-0.15, -0.1) is 0 Å². The van der Waals surface area contributed by atoms with Crippen molar-refractivity contribution in [3.63, 3.8) is 0 Å². The average Bonchev–Trinajstić information content (AvgIpc) is 3.68. The van der Waals surface area contributed by atoms with Crippen LogP contribution in [0.1, 0.15) is 61.8 Å². The van der Waals surface area contributed by atoms with Crippen LogP contribution in [0, 0.1) is 43.8 Å². The second-order valence-corrected chi connectivity index (χ2v) is 36.1. The molecule has 2 aromatic rings. The first-order chi connectivity index (χ1) is 22.9. The minimum atomic E-state index is -2.97. The first-order valence-electron chi connectivity index (χ1n) is 18.2. The molecule has 9 unspecified atom stereocenters. The minimum absolute atomic E-state index is 0. The van der Waals surface area contributed by atoms with Crippen LogP contribution in [0.25, 0.3) is 0 Å². The van der Waals surface area contributed by atoms with Gasteiger partial charge in [0.15, 0.2) is 0 Å². The molecule has 50 heavy (non-hydrogen) atoms. The summed E-state index contributed by atoms with van der Waals surface area (Å²) in [4.78, 5) is 0. The van der Waals surface area contributed by atoms with Crippen LogP contribution in [0.2, 0.25) is 3.67 Å². The average molecular weight is 882 g/mol. The Morgan fingerprint density at radius 3 is 1.62 bits per heavy atom. The van der Waals surface area contributed by atoms with E-state index in [4.69, 9.17) is 0 Å². The molecule has 0 heterocycles. The summed E-state index contributed by atoms with van der Waals surface area (Å²) in [5.41, 5.74) is 0.138. The first kappa shape index (κ1) is 37.8. The molecule has 2 fully saturated rings. The van der Waals surface area contributed by atoms with E-state index in [0.717, 1.165) is 6.42 Å². The van der Waals surface area contributed by atoms with Crippen molar-refractivity contribution in [2.24, 2.45) is 43.8 Å². The van der Waals surface area contributed by atoms with E-state index in [9.17, 15) is 0 Å². The molecule has 4 heteroatoms. The Morgan fingerprint density at radius 1 is 0.600 bits per heavy atom. The maximum Gasteiger partial charge on any atom is -1.00 e. The van der Waals surface area contributed by atoms with Crippen molar-refractivity contribution >= 4 is 15.9 Å². The van der Waals surface area contributed by atoms with Crippen molar-refractivity contribution < 1.29 is 44.9 Å². The van der Waals surface area contributed by atoms with Gasteiger partial charge in [-0.2, -0.15) is 0 Å². The Bertz CT molecular complexity index is 1940. The van der Waals surface area contributed by atoms with Gasteiger partial charge in [0.05, 0.1) is 0 Å². The first-order valence-corrected chi connectivity index (χ1v) is 28.9. The molecule has 8 rings (SSSR count). The van der Waals surface area contributed by atoms with Crippen LogP contribution in [0.4, 0.5) is 0 Å². The SMILES string of the molecule is CC1=CC=CC2[CH]([Hf+2]([C]3=CC=CC3)=[Si](c3ccccc3)c3ccccc3)C3(C)C4(C)C=CC=CC4(C)C4(C)C=CC=CC4(C)C3(C)C12C.[Cl-].[Cl-]. The molecule has 0 bridgehead atoms. The fourth-order valence-electron chi connectivity index (χ4n) is 13.1. The molecule has 0 nitrogen and oxygen atoms in total. The molecule has 258 valence electrons. The molecule has 2 saturated carbocycles. The molecular weight excluding hydrogens is 830 g/mol. The van der Waals surface area contributed by atoms with Crippen molar-refractivity contribution in [1.29, 1.82) is 0 Å². The van der Waals surface area contributed by atoms with Crippen LogP contribution >= 0.6 is 0 Å². The molecule has 0 amide bonds. The Labute approximate surface area is 322 Å². The number of fused-ring (bicyclic) bond motifs is 8. The summed E-state index contributed by atoms with van der Waals surface area (Å²) in [5, 5.41) is 3.24. The van der Waals surface area contributed by atoms with Gasteiger partial charge >= 0.3 is 300 Å². The monoisotopic (exact) mass is 882 g/mol. The normalized spacial score (nSPS) is 40.9. The van der Waals surface area contributed by atoms with Gasteiger partial charge in [-0.3, -0.25) is 0 Å². The quantitative estimate of drug-likeness (QED) is 0.398. The second kappa shape index (κ2) is 12.6. The molecule has 0 spiro atoms. The Morgan fingerprint density at radius 2 is 1.10 bits per heavy atom. The van der Waals surface area contributed by atoms with E-state index in [1.54, 1.807) is 15.9 Å². The van der Waals surface area contributed by atoms with Crippen LogP contribution in [0.3, 0.4) is 0 Å². The van der Waals surface area contributed by atoms with E-state index < -0.39 is 25.6 Å². The Balaban J connectivity index is 0.00000216. The molecule has 0 radical (unpaired) electrons. The molecule has 6 aliphatic carbocycles. The van der Waals surface area contributed by atoms with Gasteiger partial charge < -0.3 is 24.8 Å². The van der Waals surface area contributed by atoms with Gasteiger partial charge in [0, 0.05) is 0 Å². The summed E-state index contributed by atoms with van der Waals surface area (Å²) in [6.45, 7) is 21.5. The van der Waals surface area contributed by atoms with Crippen molar-refractivity contribution in [3.05, 3.63) is 155 Å². The molecule has 9 atom stereocenters. The van der Waals surface area contributed by atoms with Crippen molar-refractivity contribution in [3.8, 4) is 0 Å². The molecule has 2 aromatic carbocycles. The largest absolute Gasteiger partial charge is 1.00 e. The summed E-state index contributed by atoms with van der Waals surface area (Å²) in [6.07, 6.45) is 36.5. The van der Waals surface area contributed by atoms with Crippen LogP contribution in [-0.4, -0.2) is 5.49 Å². The zero-order valence-electron chi connectivity index (χ0n) is 31.0. The van der Waals surface area contributed by atoms with Gasteiger partial charge in [0.1, 0.15) is 0 Å². The third kappa shape index (κ3) is 4.15. The predicted octanol–water partition coefficient (Wildman–Crippen LogP) is 4.51. The summed E-state index contributed by atoms with van der Waals surface area (Å²) in [7, 11) is 0. The number of hydrogen-bond donors (Lipinski definition) is 0. The summed E-state index contributed by atoms with van der Waals surface area (Å²) < 4.78 is 2.46. The van der Waals surface area contributed by atoms with Gasteiger partial charge in [0.25, 0.3) is 0 Å².